The lowest BCUT2D eigenvalue weighted by Crippen LogP contribution is -2.09. The molecule has 0 aliphatic heterocycles. The average molecular weight is 264 g/mol. The van der Waals surface area contributed by atoms with Gasteiger partial charge in [-0.1, -0.05) is 36.4 Å². The van der Waals surface area contributed by atoms with Crippen LogP contribution in [0.15, 0.2) is 54.7 Å². The quantitative estimate of drug-likeness (QED) is 0.760. The molecular weight excluding hydrogens is 248 g/mol. The van der Waals surface area contributed by atoms with Crippen LogP contribution in [0.1, 0.15) is 5.82 Å². The molecule has 1 aromatic heterocycles. The molecule has 2 N–H and O–H groups in total. The number of fused-ring (bicyclic) bond motifs is 1. The number of hydrogen-bond donors (Lipinski definition) is 2. The Bertz CT molecular complexity index is 719. The molecule has 0 bridgehead atoms. The normalized spacial score (nSPS) is 10.7. The van der Waals surface area contributed by atoms with Crippen LogP contribution in [0.5, 0.6) is 0 Å². The molecule has 0 fully saturated rings. The van der Waals surface area contributed by atoms with Gasteiger partial charge in [0.15, 0.2) is 0 Å². The van der Waals surface area contributed by atoms with Crippen molar-refractivity contribution in [3.63, 3.8) is 0 Å². The summed E-state index contributed by atoms with van der Waals surface area (Å²) in [7, 11) is 1.88. The third-order valence-corrected chi connectivity index (χ3v) is 3.09. The number of rotatable bonds is 4. The first kappa shape index (κ1) is 12.6. The molecule has 0 radical (unpaired) electrons. The van der Waals surface area contributed by atoms with Gasteiger partial charge < -0.3 is 10.6 Å². The Hall–Kier alpha value is -2.46. The van der Waals surface area contributed by atoms with Gasteiger partial charge in [-0.3, -0.25) is 0 Å². The largest absolute Gasteiger partial charge is 0.340 e. The third kappa shape index (κ3) is 2.60. The van der Waals surface area contributed by atoms with E-state index in [1.54, 1.807) is 6.20 Å². The van der Waals surface area contributed by atoms with Crippen LogP contribution in [0.3, 0.4) is 0 Å². The summed E-state index contributed by atoms with van der Waals surface area (Å²) in [4.78, 5) is 8.70. The van der Waals surface area contributed by atoms with E-state index in [1.165, 1.54) is 10.8 Å². The fourth-order valence-corrected chi connectivity index (χ4v) is 2.18. The summed E-state index contributed by atoms with van der Waals surface area (Å²) in [6.07, 6.45) is 1.77. The number of nitrogens with zero attached hydrogens (tertiary/aromatic N) is 2. The molecule has 4 heteroatoms. The molecular formula is C16H16N4. The van der Waals surface area contributed by atoms with Crippen molar-refractivity contribution in [2.75, 3.05) is 12.4 Å². The van der Waals surface area contributed by atoms with Crippen molar-refractivity contribution in [2.45, 2.75) is 6.54 Å². The van der Waals surface area contributed by atoms with Crippen LogP contribution in [-0.4, -0.2) is 17.0 Å². The SMILES string of the molecule is CNCc1nccc(Nc2cccc3ccccc23)n1. The van der Waals surface area contributed by atoms with Crippen LogP contribution in [-0.2, 0) is 6.54 Å². The lowest BCUT2D eigenvalue weighted by Gasteiger charge is -2.09. The Morgan fingerprint density at radius 2 is 1.85 bits per heavy atom. The predicted octanol–water partition coefficient (Wildman–Crippen LogP) is 3.09. The second-order valence-electron chi connectivity index (χ2n) is 4.54. The summed E-state index contributed by atoms with van der Waals surface area (Å²) in [5.41, 5.74) is 1.05. The van der Waals surface area contributed by atoms with Crippen molar-refractivity contribution in [3.8, 4) is 0 Å². The van der Waals surface area contributed by atoms with Gasteiger partial charge in [-0.15, -0.1) is 0 Å². The number of anilines is 2. The summed E-state index contributed by atoms with van der Waals surface area (Å²) in [5.74, 6) is 1.58. The topological polar surface area (TPSA) is 49.8 Å². The zero-order valence-electron chi connectivity index (χ0n) is 11.3. The molecule has 3 aromatic rings. The maximum Gasteiger partial charge on any atom is 0.144 e. The van der Waals surface area contributed by atoms with Crippen molar-refractivity contribution in [2.24, 2.45) is 0 Å². The molecule has 100 valence electrons. The second kappa shape index (κ2) is 5.67. The van der Waals surface area contributed by atoms with Gasteiger partial charge in [0.1, 0.15) is 11.6 Å². The summed E-state index contributed by atoms with van der Waals surface area (Å²) >= 11 is 0. The molecule has 0 saturated heterocycles. The molecule has 0 saturated carbocycles. The maximum absolute atomic E-state index is 4.48. The van der Waals surface area contributed by atoms with E-state index in [-0.39, 0.29) is 0 Å². The Kier molecular flexibility index (Phi) is 3.56. The monoisotopic (exact) mass is 264 g/mol. The summed E-state index contributed by atoms with van der Waals surface area (Å²) in [6.45, 7) is 0.658. The smallest absolute Gasteiger partial charge is 0.144 e. The lowest BCUT2D eigenvalue weighted by molar-refractivity contribution is 0.759. The van der Waals surface area contributed by atoms with Crippen molar-refractivity contribution >= 4 is 22.3 Å². The van der Waals surface area contributed by atoms with Gasteiger partial charge in [-0.05, 0) is 24.6 Å². The van der Waals surface area contributed by atoms with Gasteiger partial charge >= 0.3 is 0 Å². The summed E-state index contributed by atoms with van der Waals surface area (Å²) < 4.78 is 0. The summed E-state index contributed by atoms with van der Waals surface area (Å²) in [5, 5.41) is 8.81. The van der Waals surface area contributed by atoms with Gasteiger partial charge in [0.2, 0.25) is 0 Å². The minimum atomic E-state index is 0.658. The van der Waals surface area contributed by atoms with Crippen LogP contribution >= 0.6 is 0 Å². The molecule has 3 rings (SSSR count). The van der Waals surface area contributed by atoms with E-state index in [0.29, 0.717) is 6.54 Å². The number of nitrogens with one attached hydrogen (secondary N) is 2. The van der Waals surface area contributed by atoms with E-state index in [4.69, 9.17) is 0 Å². The van der Waals surface area contributed by atoms with Crippen molar-refractivity contribution in [1.29, 1.82) is 0 Å². The van der Waals surface area contributed by atoms with Gasteiger partial charge in [-0.2, -0.15) is 0 Å². The van der Waals surface area contributed by atoms with Gasteiger partial charge in [0.25, 0.3) is 0 Å². The Morgan fingerprint density at radius 1 is 1.00 bits per heavy atom. The van der Waals surface area contributed by atoms with E-state index in [2.05, 4.69) is 44.9 Å². The van der Waals surface area contributed by atoms with Gasteiger partial charge in [-0.25, -0.2) is 9.97 Å². The maximum atomic E-state index is 4.48. The standard InChI is InChI=1S/C16H16N4/c1-17-11-16-18-10-9-15(20-16)19-14-8-4-6-12-5-2-3-7-13(12)14/h2-10,17H,11H2,1H3,(H,18,19,20). The van der Waals surface area contributed by atoms with Crippen LogP contribution in [0.2, 0.25) is 0 Å². The minimum Gasteiger partial charge on any atom is -0.340 e. The Labute approximate surface area is 117 Å². The second-order valence-corrected chi connectivity index (χ2v) is 4.54. The Balaban J connectivity index is 1.95. The molecule has 0 unspecified atom stereocenters. The number of benzene rings is 2. The molecule has 0 aliphatic carbocycles. The molecule has 0 atom stereocenters. The van der Waals surface area contributed by atoms with E-state index in [0.717, 1.165) is 17.3 Å². The molecule has 0 aliphatic rings. The fourth-order valence-electron chi connectivity index (χ4n) is 2.18. The summed E-state index contributed by atoms with van der Waals surface area (Å²) in [6, 6.07) is 16.4. The molecule has 0 spiro atoms. The van der Waals surface area contributed by atoms with Gasteiger partial charge in [0.05, 0.1) is 6.54 Å². The Morgan fingerprint density at radius 3 is 2.75 bits per heavy atom. The highest BCUT2D eigenvalue weighted by Gasteiger charge is 2.02. The third-order valence-electron chi connectivity index (χ3n) is 3.09. The van der Waals surface area contributed by atoms with E-state index >= 15 is 0 Å². The molecule has 0 amide bonds. The minimum absolute atomic E-state index is 0.658. The average Bonchev–Trinajstić information content (AvgIpc) is 2.48. The number of aromatic nitrogens is 2. The molecule has 4 nitrogen and oxygen atoms in total. The van der Waals surface area contributed by atoms with E-state index in [1.807, 2.05) is 31.3 Å². The molecule has 1 heterocycles. The fraction of sp³-hybridized carbons (Fsp3) is 0.125. The van der Waals surface area contributed by atoms with Crippen LogP contribution < -0.4 is 10.6 Å². The van der Waals surface area contributed by atoms with Crippen molar-refractivity contribution in [3.05, 3.63) is 60.6 Å². The zero-order valence-corrected chi connectivity index (χ0v) is 11.3. The lowest BCUT2D eigenvalue weighted by atomic mass is 10.1. The zero-order chi connectivity index (χ0) is 13.8. The molecule has 20 heavy (non-hydrogen) atoms. The number of hydrogen-bond acceptors (Lipinski definition) is 4. The highest BCUT2D eigenvalue weighted by molar-refractivity contribution is 5.95. The highest BCUT2D eigenvalue weighted by atomic mass is 15.0. The van der Waals surface area contributed by atoms with Gasteiger partial charge in [0, 0.05) is 17.3 Å². The highest BCUT2D eigenvalue weighted by Crippen LogP contribution is 2.25. The predicted molar refractivity (Wildman–Crippen MR) is 82.0 cm³/mol. The molecule has 2 aromatic carbocycles. The first-order valence-electron chi connectivity index (χ1n) is 6.58. The first-order chi connectivity index (χ1) is 9.86. The van der Waals surface area contributed by atoms with Crippen LogP contribution in [0.25, 0.3) is 10.8 Å². The van der Waals surface area contributed by atoms with E-state index < -0.39 is 0 Å². The first-order valence-corrected chi connectivity index (χ1v) is 6.58. The van der Waals surface area contributed by atoms with Crippen LogP contribution in [0, 0.1) is 0 Å². The van der Waals surface area contributed by atoms with Crippen LogP contribution in [0.4, 0.5) is 11.5 Å². The van der Waals surface area contributed by atoms with E-state index in [9.17, 15) is 0 Å². The van der Waals surface area contributed by atoms with Crippen molar-refractivity contribution in [1.82, 2.24) is 15.3 Å². The van der Waals surface area contributed by atoms with Crippen molar-refractivity contribution < 1.29 is 0 Å².